The van der Waals surface area contributed by atoms with E-state index in [2.05, 4.69) is 0 Å². The van der Waals surface area contributed by atoms with Gasteiger partial charge in [-0.25, -0.2) is 9.59 Å². The number of carbonyl (C=O) groups is 1. The number of carboxylic acid groups (broad SMARTS) is 1. The van der Waals surface area contributed by atoms with Crippen molar-refractivity contribution in [2.45, 2.75) is 19.3 Å². The van der Waals surface area contributed by atoms with Crippen LogP contribution in [0.3, 0.4) is 0 Å². The van der Waals surface area contributed by atoms with Crippen LogP contribution in [0.25, 0.3) is 0 Å². The average Bonchev–Trinajstić information content (AvgIpc) is 2.78. The predicted octanol–water partition coefficient (Wildman–Crippen LogP) is 0.908. The molecule has 0 radical (unpaired) electrons. The van der Waals surface area contributed by atoms with Gasteiger partial charge in [0.15, 0.2) is 0 Å². The summed E-state index contributed by atoms with van der Waals surface area (Å²) >= 11 is 0. The number of carbonyl (C=O) groups excluding carboxylic acids is 1. The maximum atomic E-state index is 10.7. The third-order valence-electron chi connectivity index (χ3n) is 3.00. The van der Waals surface area contributed by atoms with Gasteiger partial charge in [0, 0.05) is 24.1 Å². The molecule has 1 aliphatic carbocycles. The van der Waals surface area contributed by atoms with Gasteiger partial charge in [0.25, 0.3) is 0 Å². The van der Waals surface area contributed by atoms with Gasteiger partial charge < -0.3 is 10.0 Å². The van der Waals surface area contributed by atoms with Crippen LogP contribution in [0.1, 0.15) is 19.3 Å². The van der Waals surface area contributed by atoms with E-state index in [0.717, 1.165) is 24.8 Å². The third-order valence-corrected chi connectivity index (χ3v) is 3.00. The van der Waals surface area contributed by atoms with E-state index in [1.165, 1.54) is 4.90 Å². The molecule has 2 fully saturated rings. The SMILES string of the molecule is O=C=C1CC12CCCN(C(=O)O)C2. The van der Waals surface area contributed by atoms with Crippen molar-refractivity contribution in [3.05, 3.63) is 5.57 Å². The van der Waals surface area contributed by atoms with Crippen LogP contribution in [0.4, 0.5) is 4.79 Å². The summed E-state index contributed by atoms with van der Waals surface area (Å²) in [5.74, 6) is 1.91. The Kier molecular flexibility index (Phi) is 1.67. The fourth-order valence-corrected chi connectivity index (χ4v) is 2.12. The molecule has 2 rings (SSSR count). The Morgan fingerprint density at radius 2 is 2.38 bits per heavy atom. The highest BCUT2D eigenvalue weighted by atomic mass is 16.4. The lowest BCUT2D eigenvalue weighted by molar-refractivity contribution is 0.118. The van der Waals surface area contributed by atoms with E-state index >= 15 is 0 Å². The Balaban J connectivity index is 2.10. The molecule has 4 nitrogen and oxygen atoms in total. The van der Waals surface area contributed by atoms with Crippen LogP contribution in [0.2, 0.25) is 0 Å². The van der Waals surface area contributed by atoms with E-state index in [9.17, 15) is 9.59 Å². The zero-order valence-corrected chi connectivity index (χ0v) is 7.25. The molecular weight excluding hydrogens is 170 g/mol. The average molecular weight is 181 g/mol. The molecule has 1 N–H and O–H groups in total. The van der Waals surface area contributed by atoms with Gasteiger partial charge in [-0.1, -0.05) is 0 Å². The summed E-state index contributed by atoms with van der Waals surface area (Å²) < 4.78 is 0. The summed E-state index contributed by atoms with van der Waals surface area (Å²) in [5, 5.41) is 8.78. The normalized spacial score (nSPS) is 31.7. The highest BCUT2D eigenvalue weighted by Gasteiger charge is 2.53. The van der Waals surface area contributed by atoms with Crippen molar-refractivity contribution in [2.75, 3.05) is 13.1 Å². The number of hydrogen-bond acceptors (Lipinski definition) is 2. The molecule has 1 atom stereocenters. The van der Waals surface area contributed by atoms with E-state index in [-0.39, 0.29) is 5.41 Å². The highest BCUT2D eigenvalue weighted by molar-refractivity contribution is 5.68. The van der Waals surface area contributed by atoms with Crippen molar-refractivity contribution >= 4 is 12.0 Å². The van der Waals surface area contributed by atoms with Gasteiger partial charge in [-0.2, -0.15) is 0 Å². The molecular formula is C9H11NO3. The van der Waals surface area contributed by atoms with Crippen LogP contribution < -0.4 is 0 Å². The number of likely N-dealkylation sites (tertiary alicyclic amines) is 1. The maximum Gasteiger partial charge on any atom is 0.407 e. The summed E-state index contributed by atoms with van der Waals surface area (Å²) in [5.41, 5.74) is 0.664. The highest BCUT2D eigenvalue weighted by Crippen LogP contribution is 2.55. The molecule has 1 saturated heterocycles. The van der Waals surface area contributed by atoms with Crippen LogP contribution in [0, 0.1) is 5.41 Å². The van der Waals surface area contributed by atoms with Gasteiger partial charge in [-0.05, 0) is 19.3 Å². The van der Waals surface area contributed by atoms with E-state index < -0.39 is 6.09 Å². The molecule has 1 aliphatic heterocycles. The first-order valence-electron chi connectivity index (χ1n) is 4.40. The second-order valence-electron chi connectivity index (χ2n) is 3.85. The second kappa shape index (κ2) is 2.60. The molecule has 4 heteroatoms. The molecule has 0 bridgehead atoms. The minimum absolute atomic E-state index is 0.113. The fraction of sp³-hybridized carbons (Fsp3) is 0.667. The smallest absolute Gasteiger partial charge is 0.407 e. The third kappa shape index (κ3) is 1.23. The van der Waals surface area contributed by atoms with Crippen LogP contribution in [0.5, 0.6) is 0 Å². The first-order chi connectivity index (χ1) is 6.18. The van der Waals surface area contributed by atoms with Gasteiger partial charge in [0.1, 0.15) is 5.94 Å². The topological polar surface area (TPSA) is 57.6 Å². The maximum absolute atomic E-state index is 10.7. The van der Waals surface area contributed by atoms with Crippen molar-refractivity contribution < 1.29 is 14.7 Å². The predicted molar refractivity (Wildman–Crippen MR) is 45.1 cm³/mol. The fourth-order valence-electron chi connectivity index (χ4n) is 2.12. The van der Waals surface area contributed by atoms with Crippen molar-refractivity contribution in [3.63, 3.8) is 0 Å². The minimum atomic E-state index is -0.878. The molecule has 1 unspecified atom stereocenters. The number of hydrogen-bond donors (Lipinski definition) is 1. The molecule has 2 aliphatic rings. The van der Waals surface area contributed by atoms with Gasteiger partial charge in [-0.3, -0.25) is 0 Å². The minimum Gasteiger partial charge on any atom is -0.465 e. The van der Waals surface area contributed by atoms with Crippen molar-refractivity contribution in [1.29, 1.82) is 0 Å². The van der Waals surface area contributed by atoms with Gasteiger partial charge in [0.2, 0.25) is 0 Å². The summed E-state index contributed by atoms with van der Waals surface area (Å²) in [7, 11) is 0. The number of amides is 1. The summed E-state index contributed by atoms with van der Waals surface area (Å²) in [6.45, 7) is 1.09. The number of rotatable bonds is 0. The van der Waals surface area contributed by atoms with E-state index in [0.29, 0.717) is 13.1 Å². The standard InChI is InChI=1S/C9H11NO3/c11-5-7-4-9(7)2-1-3-10(6-9)8(12)13/h1-4,6H2,(H,12,13). The van der Waals surface area contributed by atoms with Crippen LogP contribution in [-0.2, 0) is 4.79 Å². The van der Waals surface area contributed by atoms with Crippen molar-refractivity contribution in [1.82, 2.24) is 4.90 Å². The molecule has 0 aromatic heterocycles. The first-order valence-corrected chi connectivity index (χ1v) is 4.40. The summed E-state index contributed by atoms with van der Waals surface area (Å²) in [6.07, 6.45) is 1.68. The van der Waals surface area contributed by atoms with E-state index in [1.54, 1.807) is 0 Å². The van der Waals surface area contributed by atoms with Crippen LogP contribution >= 0.6 is 0 Å². The van der Waals surface area contributed by atoms with Gasteiger partial charge in [-0.15, -0.1) is 0 Å². The Bertz CT molecular complexity index is 306. The molecule has 1 saturated carbocycles. The zero-order chi connectivity index (χ0) is 9.47. The lowest BCUT2D eigenvalue weighted by Gasteiger charge is -2.30. The monoisotopic (exact) mass is 181 g/mol. The van der Waals surface area contributed by atoms with Crippen LogP contribution in [-0.4, -0.2) is 35.1 Å². The zero-order valence-electron chi connectivity index (χ0n) is 7.25. The molecule has 70 valence electrons. The largest absolute Gasteiger partial charge is 0.465 e. The molecule has 0 aromatic rings. The van der Waals surface area contributed by atoms with E-state index in [4.69, 9.17) is 5.11 Å². The van der Waals surface area contributed by atoms with E-state index in [1.807, 2.05) is 5.94 Å². The first kappa shape index (κ1) is 8.32. The lowest BCUT2D eigenvalue weighted by atomic mass is 9.94. The molecule has 1 heterocycles. The Hall–Kier alpha value is -1.28. The molecule has 1 spiro atoms. The van der Waals surface area contributed by atoms with Crippen LogP contribution in [0.15, 0.2) is 5.57 Å². The Morgan fingerprint density at radius 3 is 2.92 bits per heavy atom. The Morgan fingerprint density at radius 1 is 1.62 bits per heavy atom. The lowest BCUT2D eigenvalue weighted by Crippen LogP contribution is -2.40. The molecule has 1 amide bonds. The van der Waals surface area contributed by atoms with Crippen molar-refractivity contribution in [3.8, 4) is 0 Å². The summed E-state index contributed by atoms with van der Waals surface area (Å²) in [6, 6.07) is 0. The Labute approximate surface area is 75.8 Å². The number of nitrogens with zero attached hydrogens (tertiary/aromatic N) is 1. The molecule has 13 heavy (non-hydrogen) atoms. The quantitative estimate of drug-likeness (QED) is 0.565. The summed E-state index contributed by atoms with van der Waals surface area (Å²) in [4.78, 5) is 22.5. The van der Waals surface area contributed by atoms with Gasteiger partial charge >= 0.3 is 6.09 Å². The van der Waals surface area contributed by atoms with Crippen molar-refractivity contribution in [2.24, 2.45) is 5.41 Å². The molecule has 0 aromatic carbocycles. The second-order valence-corrected chi connectivity index (χ2v) is 3.85. The number of piperidine rings is 1. The van der Waals surface area contributed by atoms with Gasteiger partial charge in [0.05, 0.1) is 0 Å².